The molecule has 2 heterocycles. The molecule has 1 saturated heterocycles. The van der Waals surface area contributed by atoms with Crippen molar-refractivity contribution in [3.8, 4) is 38.8 Å². The summed E-state index contributed by atoms with van der Waals surface area (Å²) in [4.78, 5) is 3.70. The van der Waals surface area contributed by atoms with E-state index >= 15 is 0 Å². The zero-order chi connectivity index (χ0) is 23.5. The summed E-state index contributed by atoms with van der Waals surface area (Å²) >= 11 is 1.65. The van der Waals surface area contributed by atoms with Crippen molar-refractivity contribution in [3.63, 3.8) is 0 Å². The third-order valence-corrected chi connectivity index (χ3v) is 7.97. The number of phenolic OH excluding ortho intramolecular Hbond substituents is 2. The van der Waals surface area contributed by atoms with E-state index in [1.54, 1.807) is 29.5 Å². The van der Waals surface area contributed by atoms with Gasteiger partial charge in [0.05, 0.1) is 6.61 Å². The summed E-state index contributed by atoms with van der Waals surface area (Å²) in [6.45, 7) is 5.45. The van der Waals surface area contributed by atoms with Crippen LogP contribution in [0.15, 0.2) is 66.7 Å². The smallest absolute Gasteiger partial charge is 0.119 e. The minimum absolute atomic E-state index is 0.250. The molecule has 0 bridgehead atoms. The molecule has 0 aliphatic carbocycles. The third-order valence-electron chi connectivity index (χ3n) is 6.76. The highest BCUT2D eigenvalue weighted by molar-refractivity contribution is 7.23. The molecule has 1 aliphatic heterocycles. The van der Waals surface area contributed by atoms with Crippen molar-refractivity contribution in [1.82, 2.24) is 4.90 Å². The van der Waals surface area contributed by atoms with Gasteiger partial charge in [0, 0.05) is 26.6 Å². The molecule has 176 valence electrons. The number of piperidine rings is 1. The Morgan fingerprint density at radius 3 is 2.26 bits per heavy atom. The summed E-state index contributed by atoms with van der Waals surface area (Å²) in [5.74, 6) is 1.40. The van der Waals surface area contributed by atoms with E-state index in [0.29, 0.717) is 6.04 Å². The number of rotatable bonds is 7. The van der Waals surface area contributed by atoms with Crippen molar-refractivity contribution in [3.05, 3.63) is 66.7 Å². The van der Waals surface area contributed by atoms with Gasteiger partial charge in [-0.25, -0.2) is 0 Å². The maximum atomic E-state index is 10.0. The highest BCUT2D eigenvalue weighted by Crippen LogP contribution is 2.46. The van der Waals surface area contributed by atoms with Crippen molar-refractivity contribution >= 4 is 21.4 Å². The molecule has 5 rings (SSSR count). The minimum atomic E-state index is 0.250. The molecule has 0 radical (unpaired) electrons. The number of benzene rings is 3. The van der Waals surface area contributed by atoms with Crippen LogP contribution in [-0.2, 0) is 0 Å². The molecule has 4 nitrogen and oxygen atoms in total. The van der Waals surface area contributed by atoms with Gasteiger partial charge < -0.3 is 19.8 Å². The number of nitrogens with zero attached hydrogens (tertiary/aromatic N) is 1. The van der Waals surface area contributed by atoms with Crippen LogP contribution in [0.25, 0.3) is 31.7 Å². The van der Waals surface area contributed by atoms with E-state index in [0.717, 1.165) is 50.4 Å². The number of ether oxygens (including phenoxy) is 1. The Hall–Kier alpha value is -3.02. The number of hydrogen-bond donors (Lipinski definition) is 2. The highest BCUT2D eigenvalue weighted by atomic mass is 32.1. The Labute approximate surface area is 205 Å². The quantitative estimate of drug-likeness (QED) is 0.296. The van der Waals surface area contributed by atoms with Crippen molar-refractivity contribution in [1.29, 1.82) is 0 Å². The van der Waals surface area contributed by atoms with Gasteiger partial charge in [0.15, 0.2) is 0 Å². The zero-order valence-electron chi connectivity index (χ0n) is 19.5. The molecule has 1 aromatic heterocycles. The van der Waals surface area contributed by atoms with Gasteiger partial charge in [0.25, 0.3) is 0 Å². The number of hydrogen-bond acceptors (Lipinski definition) is 5. The molecule has 3 aromatic carbocycles. The summed E-state index contributed by atoms with van der Waals surface area (Å²) in [5.41, 5.74) is 3.28. The first-order valence-electron chi connectivity index (χ1n) is 12.1. The van der Waals surface area contributed by atoms with Crippen LogP contribution in [0.3, 0.4) is 0 Å². The molecule has 1 unspecified atom stereocenters. The van der Waals surface area contributed by atoms with Gasteiger partial charge in [-0.2, -0.15) is 0 Å². The molecule has 1 fully saturated rings. The summed E-state index contributed by atoms with van der Waals surface area (Å²) in [6.07, 6.45) is 5.03. The predicted molar refractivity (Wildman–Crippen MR) is 141 cm³/mol. The normalized spacial score (nSPS) is 15.4. The van der Waals surface area contributed by atoms with Gasteiger partial charge in [0.1, 0.15) is 17.2 Å². The maximum absolute atomic E-state index is 10.0. The second-order valence-corrected chi connectivity index (χ2v) is 10.2. The SMILES string of the molecule is CC(CCOc1ccc(-c2c(-c3ccc(O)cc3)sc3cc(O)ccc23)cc1)N1CCCCC1. The van der Waals surface area contributed by atoms with Crippen LogP contribution >= 0.6 is 11.3 Å². The second kappa shape index (κ2) is 10.1. The average molecular weight is 474 g/mol. The summed E-state index contributed by atoms with van der Waals surface area (Å²) in [5, 5.41) is 20.8. The fourth-order valence-electron chi connectivity index (χ4n) is 4.79. The first kappa shape index (κ1) is 22.8. The topological polar surface area (TPSA) is 52.9 Å². The maximum Gasteiger partial charge on any atom is 0.119 e. The van der Waals surface area contributed by atoms with Gasteiger partial charge in [-0.15, -0.1) is 11.3 Å². The van der Waals surface area contributed by atoms with Crippen LogP contribution in [-0.4, -0.2) is 40.9 Å². The Morgan fingerprint density at radius 2 is 1.53 bits per heavy atom. The number of aromatic hydroxyl groups is 2. The highest BCUT2D eigenvalue weighted by Gasteiger charge is 2.18. The van der Waals surface area contributed by atoms with Crippen molar-refractivity contribution in [2.75, 3.05) is 19.7 Å². The largest absolute Gasteiger partial charge is 0.508 e. The molecule has 34 heavy (non-hydrogen) atoms. The lowest BCUT2D eigenvalue weighted by atomic mass is 9.98. The molecule has 0 amide bonds. The molecular formula is C29H31NO3S. The molecule has 0 saturated carbocycles. The van der Waals surface area contributed by atoms with Gasteiger partial charge in [-0.1, -0.05) is 18.6 Å². The first-order valence-corrected chi connectivity index (χ1v) is 12.9. The first-order chi connectivity index (χ1) is 16.6. The molecule has 0 spiro atoms. The van der Waals surface area contributed by atoms with E-state index in [4.69, 9.17) is 4.74 Å². The average Bonchev–Trinajstić information content (AvgIpc) is 3.24. The van der Waals surface area contributed by atoms with E-state index in [1.165, 1.54) is 32.4 Å². The molecule has 1 atom stereocenters. The van der Waals surface area contributed by atoms with Gasteiger partial charge >= 0.3 is 0 Å². The second-order valence-electron chi connectivity index (χ2n) is 9.14. The lowest BCUT2D eigenvalue weighted by Crippen LogP contribution is -2.38. The Kier molecular flexibility index (Phi) is 6.75. The molecular weight excluding hydrogens is 442 g/mol. The summed E-state index contributed by atoms with van der Waals surface area (Å²) in [6, 6.07) is 21.7. The van der Waals surface area contributed by atoms with Gasteiger partial charge in [0.2, 0.25) is 0 Å². The third kappa shape index (κ3) is 4.91. The fourth-order valence-corrected chi connectivity index (χ4v) is 6.06. The Balaban J connectivity index is 1.36. The molecule has 5 heteroatoms. The lowest BCUT2D eigenvalue weighted by molar-refractivity contribution is 0.149. The lowest BCUT2D eigenvalue weighted by Gasteiger charge is -2.32. The number of likely N-dealkylation sites (tertiary alicyclic amines) is 1. The fraction of sp³-hybridized carbons (Fsp3) is 0.310. The van der Waals surface area contributed by atoms with Gasteiger partial charge in [-0.05, 0) is 105 Å². The van der Waals surface area contributed by atoms with Gasteiger partial charge in [-0.3, -0.25) is 0 Å². The minimum Gasteiger partial charge on any atom is -0.508 e. The van der Waals surface area contributed by atoms with Crippen molar-refractivity contribution in [2.45, 2.75) is 38.6 Å². The van der Waals surface area contributed by atoms with E-state index in [-0.39, 0.29) is 11.5 Å². The molecule has 4 aromatic rings. The predicted octanol–water partition coefficient (Wildman–Crippen LogP) is 7.29. The number of thiophene rings is 1. The zero-order valence-corrected chi connectivity index (χ0v) is 20.4. The van der Waals surface area contributed by atoms with E-state index in [2.05, 4.69) is 24.0 Å². The summed E-state index contributed by atoms with van der Waals surface area (Å²) < 4.78 is 7.12. The van der Waals surface area contributed by atoms with Crippen LogP contribution in [0.5, 0.6) is 17.2 Å². The molecule has 1 aliphatic rings. The van der Waals surface area contributed by atoms with E-state index in [9.17, 15) is 10.2 Å². The Bertz CT molecular complexity index is 1240. The molecule has 2 N–H and O–H groups in total. The van der Waals surface area contributed by atoms with Crippen LogP contribution < -0.4 is 4.74 Å². The van der Waals surface area contributed by atoms with Crippen molar-refractivity contribution < 1.29 is 14.9 Å². The van der Waals surface area contributed by atoms with E-state index < -0.39 is 0 Å². The van der Waals surface area contributed by atoms with Crippen molar-refractivity contribution in [2.24, 2.45) is 0 Å². The Morgan fingerprint density at radius 1 is 0.853 bits per heavy atom. The van der Waals surface area contributed by atoms with Crippen LogP contribution in [0, 0.1) is 0 Å². The van der Waals surface area contributed by atoms with E-state index in [1.807, 2.05) is 36.4 Å². The van der Waals surface area contributed by atoms with Crippen LogP contribution in [0.2, 0.25) is 0 Å². The summed E-state index contributed by atoms with van der Waals surface area (Å²) in [7, 11) is 0. The monoisotopic (exact) mass is 473 g/mol. The standard InChI is InChI=1S/C29H31NO3S/c1-20(30-16-3-2-4-17-30)15-18-33-25-12-7-21(8-13-25)28-26-14-11-24(32)19-27(26)34-29(28)22-5-9-23(31)10-6-22/h5-14,19-20,31-32H,2-4,15-18H2,1H3. The number of fused-ring (bicyclic) bond motifs is 1. The number of phenols is 2. The van der Waals surface area contributed by atoms with Crippen LogP contribution in [0.1, 0.15) is 32.6 Å². The van der Waals surface area contributed by atoms with Crippen LogP contribution in [0.4, 0.5) is 0 Å².